The van der Waals surface area contributed by atoms with E-state index >= 15 is 0 Å². The zero-order valence-electron chi connectivity index (χ0n) is 13.9. The molecule has 2 aromatic rings. The van der Waals surface area contributed by atoms with Crippen molar-refractivity contribution < 1.29 is 5.11 Å². The smallest absolute Gasteiger partial charge is 0.185 e. The van der Waals surface area contributed by atoms with Gasteiger partial charge in [0.1, 0.15) is 0 Å². The summed E-state index contributed by atoms with van der Waals surface area (Å²) in [6.45, 7) is 0.991. The number of thiazole rings is 1. The number of aliphatic hydroxyl groups is 1. The number of aromatic nitrogens is 1. The highest BCUT2D eigenvalue weighted by Gasteiger charge is 2.28. The standard InChI is InChI=1S/C18H25N3OS/c1-20(17(10-11-22)14-6-4-3-5-7-14)12-15-13-23-18(19-15)21(2)16-8-9-16/h3-7,13,16-17,22H,8-12H2,1-2H3. The van der Waals surface area contributed by atoms with Gasteiger partial charge in [0.15, 0.2) is 5.13 Å². The van der Waals surface area contributed by atoms with Crippen LogP contribution in [-0.4, -0.2) is 41.7 Å². The SMILES string of the molecule is CN(Cc1csc(N(C)C2CC2)n1)C(CCO)c1ccccc1. The van der Waals surface area contributed by atoms with Crippen molar-refractivity contribution in [3.63, 3.8) is 0 Å². The Labute approximate surface area is 142 Å². The van der Waals surface area contributed by atoms with Crippen molar-refractivity contribution in [1.29, 1.82) is 0 Å². The maximum Gasteiger partial charge on any atom is 0.185 e. The van der Waals surface area contributed by atoms with Crippen LogP contribution in [0.2, 0.25) is 0 Å². The van der Waals surface area contributed by atoms with Crippen LogP contribution >= 0.6 is 11.3 Å². The molecule has 1 aliphatic carbocycles. The molecule has 124 valence electrons. The first-order valence-corrected chi connectivity index (χ1v) is 9.10. The van der Waals surface area contributed by atoms with E-state index < -0.39 is 0 Å². The number of aliphatic hydroxyl groups excluding tert-OH is 1. The lowest BCUT2D eigenvalue weighted by molar-refractivity contribution is 0.179. The number of hydrogen-bond acceptors (Lipinski definition) is 5. The number of anilines is 1. The number of nitrogens with zero attached hydrogens (tertiary/aromatic N) is 3. The zero-order chi connectivity index (χ0) is 16.2. The highest BCUT2D eigenvalue weighted by atomic mass is 32.1. The van der Waals surface area contributed by atoms with Gasteiger partial charge in [-0.1, -0.05) is 30.3 Å². The van der Waals surface area contributed by atoms with Gasteiger partial charge in [0.25, 0.3) is 0 Å². The fourth-order valence-corrected chi connectivity index (χ4v) is 3.81. The summed E-state index contributed by atoms with van der Waals surface area (Å²) in [6, 6.07) is 11.3. The van der Waals surface area contributed by atoms with E-state index in [9.17, 15) is 5.11 Å². The second kappa shape index (κ2) is 7.43. The topological polar surface area (TPSA) is 39.6 Å². The Morgan fingerprint density at radius 3 is 2.65 bits per heavy atom. The zero-order valence-corrected chi connectivity index (χ0v) is 14.7. The molecule has 1 N–H and O–H groups in total. The maximum atomic E-state index is 9.41. The van der Waals surface area contributed by atoms with Crippen molar-refractivity contribution in [1.82, 2.24) is 9.88 Å². The third-order valence-electron chi connectivity index (χ3n) is 4.47. The average Bonchev–Trinajstić information content (AvgIpc) is 3.32. The molecule has 1 aromatic carbocycles. The molecule has 1 aliphatic rings. The van der Waals surface area contributed by atoms with E-state index in [1.807, 2.05) is 6.07 Å². The summed E-state index contributed by atoms with van der Waals surface area (Å²) < 4.78 is 0. The van der Waals surface area contributed by atoms with Gasteiger partial charge < -0.3 is 10.0 Å². The molecule has 1 fully saturated rings. The molecule has 1 aromatic heterocycles. The van der Waals surface area contributed by atoms with Crippen molar-refractivity contribution in [2.45, 2.75) is 37.9 Å². The number of benzene rings is 1. The molecule has 4 nitrogen and oxygen atoms in total. The second-order valence-corrected chi connectivity index (χ2v) is 7.15. The van der Waals surface area contributed by atoms with Crippen LogP contribution in [0.5, 0.6) is 0 Å². The lowest BCUT2D eigenvalue weighted by Gasteiger charge is -2.27. The third kappa shape index (κ3) is 4.10. The van der Waals surface area contributed by atoms with Gasteiger partial charge in [0.2, 0.25) is 0 Å². The maximum absolute atomic E-state index is 9.41. The highest BCUT2D eigenvalue weighted by Crippen LogP contribution is 2.32. The first kappa shape index (κ1) is 16.4. The summed E-state index contributed by atoms with van der Waals surface area (Å²) in [4.78, 5) is 9.37. The minimum absolute atomic E-state index is 0.191. The van der Waals surface area contributed by atoms with Crippen LogP contribution in [0.4, 0.5) is 5.13 Å². The molecule has 23 heavy (non-hydrogen) atoms. The first-order chi connectivity index (χ1) is 11.2. The Morgan fingerprint density at radius 2 is 2.00 bits per heavy atom. The van der Waals surface area contributed by atoms with Crippen LogP contribution in [0.3, 0.4) is 0 Å². The molecule has 1 atom stereocenters. The average molecular weight is 331 g/mol. The Bertz CT molecular complexity index is 612. The van der Waals surface area contributed by atoms with E-state index in [0.717, 1.165) is 23.8 Å². The second-order valence-electron chi connectivity index (χ2n) is 6.32. The van der Waals surface area contributed by atoms with E-state index in [4.69, 9.17) is 4.98 Å². The van der Waals surface area contributed by atoms with Crippen LogP contribution in [0, 0.1) is 0 Å². The van der Waals surface area contributed by atoms with Crippen LogP contribution in [-0.2, 0) is 6.54 Å². The molecular weight excluding hydrogens is 306 g/mol. The van der Waals surface area contributed by atoms with Gasteiger partial charge in [-0.15, -0.1) is 11.3 Å². The van der Waals surface area contributed by atoms with Crippen molar-refractivity contribution in [2.24, 2.45) is 0 Å². The van der Waals surface area contributed by atoms with Gasteiger partial charge in [0, 0.05) is 37.7 Å². The van der Waals surface area contributed by atoms with E-state index in [1.165, 1.54) is 18.4 Å². The molecule has 1 heterocycles. The van der Waals surface area contributed by atoms with Gasteiger partial charge >= 0.3 is 0 Å². The van der Waals surface area contributed by atoms with Gasteiger partial charge in [-0.05, 0) is 31.9 Å². The van der Waals surface area contributed by atoms with E-state index in [0.29, 0.717) is 6.04 Å². The molecule has 0 radical (unpaired) electrons. The van der Waals surface area contributed by atoms with E-state index in [2.05, 4.69) is 53.5 Å². The summed E-state index contributed by atoms with van der Waals surface area (Å²) >= 11 is 1.73. The third-order valence-corrected chi connectivity index (χ3v) is 5.45. The minimum atomic E-state index is 0.191. The van der Waals surface area contributed by atoms with Crippen LogP contribution in [0.25, 0.3) is 0 Å². The van der Waals surface area contributed by atoms with Crippen molar-refractivity contribution in [2.75, 3.05) is 25.6 Å². The van der Waals surface area contributed by atoms with Crippen molar-refractivity contribution >= 4 is 16.5 Å². The Hall–Kier alpha value is -1.43. The Kier molecular flexibility index (Phi) is 5.30. The quantitative estimate of drug-likeness (QED) is 0.806. The van der Waals surface area contributed by atoms with Crippen LogP contribution in [0.1, 0.15) is 36.6 Å². The summed E-state index contributed by atoms with van der Waals surface area (Å²) in [5.74, 6) is 0. The molecule has 0 amide bonds. The fraction of sp³-hybridized carbons (Fsp3) is 0.500. The minimum Gasteiger partial charge on any atom is -0.396 e. The molecule has 0 saturated heterocycles. The normalized spacial score (nSPS) is 15.8. The van der Waals surface area contributed by atoms with Crippen LogP contribution < -0.4 is 4.90 Å². The Balaban J connectivity index is 1.67. The monoisotopic (exact) mass is 331 g/mol. The summed E-state index contributed by atoms with van der Waals surface area (Å²) in [6.07, 6.45) is 3.31. The fourth-order valence-electron chi connectivity index (χ4n) is 2.95. The molecule has 5 heteroatoms. The van der Waals surface area contributed by atoms with Gasteiger partial charge in [-0.2, -0.15) is 0 Å². The van der Waals surface area contributed by atoms with Crippen molar-refractivity contribution in [3.8, 4) is 0 Å². The lowest BCUT2D eigenvalue weighted by atomic mass is 10.0. The summed E-state index contributed by atoms with van der Waals surface area (Å²) in [7, 11) is 4.25. The number of rotatable bonds is 8. The van der Waals surface area contributed by atoms with Crippen LogP contribution in [0.15, 0.2) is 35.7 Å². The van der Waals surface area contributed by atoms with Gasteiger partial charge in [-0.3, -0.25) is 4.90 Å². The number of hydrogen-bond donors (Lipinski definition) is 1. The van der Waals surface area contributed by atoms with Gasteiger partial charge in [-0.25, -0.2) is 4.98 Å². The lowest BCUT2D eigenvalue weighted by Crippen LogP contribution is -2.25. The van der Waals surface area contributed by atoms with E-state index in [-0.39, 0.29) is 12.6 Å². The van der Waals surface area contributed by atoms with Crippen molar-refractivity contribution in [3.05, 3.63) is 47.0 Å². The molecule has 0 aliphatic heterocycles. The predicted octanol–water partition coefficient (Wildman–Crippen LogP) is 3.30. The highest BCUT2D eigenvalue weighted by molar-refractivity contribution is 7.13. The van der Waals surface area contributed by atoms with Gasteiger partial charge in [0.05, 0.1) is 5.69 Å². The molecular formula is C18H25N3OS. The summed E-state index contributed by atoms with van der Waals surface area (Å²) in [5, 5.41) is 12.7. The molecule has 0 spiro atoms. The molecule has 1 unspecified atom stereocenters. The molecule has 0 bridgehead atoms. The summed E-state index contributed by atoms with van der Waals surface area (Å²) in [5.41, 5.74) is 2.36. The predicted molar refractivity (Wildman–Crippen MR) is 95.9 cm³/mol. The first-order valence-electron chi connectivity index (χ1n) is 8.22. The molecule has 1 saturated carbocycles. The largest absolute Gasteiger partial charge is 0.396 e. The van der Waals surface area contributed by atoms with E-state index in [1.54, 1.807) is 11.3 Å². The molecule has 3 rings (SSSR count). The Morgan fingerprint density at radius 1 is 1.26 bits per heavy atom.